The van der Waals surface area contributed by atoms with Crippen molar-refractivity contribution in [1.29, 1.82) is 0 Å². The van der Waals surface area contributed by atoms with Gasteiger partial charge in [0.1, 0.15) is 17.2 Å². The SMILES string of the molecule is CC(Cl)C(C)(C)NC(=O)c1c(F)cc(Br)cc1F. The van der Waals surface area contributed by atoms with Crippen LogP contribution in [0.2, 0.25) is 0 Å². The van der Waals surface area contributed by atoms with Gasteiger partial charge in [-0.3, -0.25) is 4.79 Å². The van der Waals surface area contributed by atoms with Crippen molar-refractivity contribution in [3.05, 3.63) is 33.8 Å². The van der Waals surface area contributed by atoms with Gasteiger partial charge in [-0.05, 0) is 32.9 Å². The number of benzene rings is 1. The van der Waals surface area contributed by atoms with Crippen LogP contribution in [0.25, 0.3) is 0 Å². The molecule has 1 atom stereocenters. The molecule has 1 N–H and O–H groups in total. The van der Waals surface area contributed by atoms with Crippen molar-refractivity contribution in [2.24, 2.45) is 0 Å². The zero-order valence-corrected chi connectivity index (χ0v) is 12.5. The lowest BCUT2D eigenvalue weighted by atomic mass is 10.0. The first-order chi connectivity index (χ1) is 8.15. The molecule has 0 spiro atoms. The fourth-order valence-corrected chi connectivity index (χ4v) is 1.67. The van der Waals surface area contributed by atoms with Crippen LogP contribution in [-0.4, -0.2) is 16.8 Å². The van der Waals surface area contributed by atoms with Gasteiger partial charge in [-0.15, -0.1) is 11.6 Å². The molecule has 0 bridgehead atoms. The summed E-state index contributed by atoms with van der Waals surface area (Å²) >= 11 is 8.84. The maximum absolute atomic E-state index is 13.6. The van der Waals surface area contributed by atoms with Gasteiger partial charge >= 0.3 is 0 Å². The number of hydrogen-bond donors (Lipinski definition) is 1. The maximum Gasteiger partial charge on any atom is 0.257 e. The van der Waals surface area contributed by atoms with E-state index in [1.807, 2.05) is 0 Å². The van der Waals surface area contributed by atoms with Crippen LogP contribution in [0.15, 0.2) is 16.6 Å². The molecule has 0 fully saturated rings. The third kappa shape index (κ3) is 3.42. The van der Waals surface area contributed by atoms with Gasteiger partial charge in [0.05, 0.1) is 10.9 Å². The normalized spacial score (nSPS) is 13.3. The van der Waals surface area contributed by atoms with Gasteiger partial charge in [0.25, 0.3) is 5.91 Å². The molecule has 1 aromatic rings. The summed E-state index contributed by atoms with van der Waals surface area (Å²) in [6.45, 7) is 5.05. The molecule has 18 heavy (non-hydrogen) atoms. The van der Waals surface area contributed by atoms with E-state index in [1.54, 1.807) is 20.8 Å². The summed E-state index contributed by atoms with van der Waals surface area (Å²) in [7, 11) is 0. The van der Waals surface area contributed by atoms with Gasteiger partial charge < -0.3 is 5.32 Å². The van der Waals surface area contributed by atoms with E-state index < -0.39 is 28.6 Å². The average Bonchev–Trinajstić information content (AvgIpc) is 2.13. The summed E-state index contributed by atoms with van der Waals surface area (Å²) in [5.74, 6) is -2.66. The second-order valence-corrected chi connectivity index (χ2v) is 6.11. The molecule has 1 unspecified atom stereocenters. The molecule has 0 aliphatic heterocycles. The van der Waals surface area contributed by atoms with Crippen molar-refractivity contribution in [3.63, 3.8) is 0 Å². The van der Waals surface area contributed by atoms with Crippen molar-refractivity contribution in [1.82, 2.24) is 5.32 Å². The lowest BCUT2D eigenvalue weighted by molar-refractivity contribution is 0.0904. The Morgan fingerprint density at radius 1 is 1.39 bits per heavy atom. The van der Waals surface area contributed by atoms with Crippen LogP contribution >= 0.6 is 27.5 Å². The highest BCUT2D eigenvalue weighted by molar-refractivity contribution is 9.10. The van der Waals surface area contributed by atoms with Crippen LogP contribution in [0.1, 0.15) is 31.1 Å². The number of hydrogen-bond acceptors (Lipinski definition) is 1. The molecule has 0 radical (unpaired) electrons. The summed E-state index contributed by atoms with van der Waals surface area (Å²) in [5, 5.41) is 2.12. The summed E-state index contributed by atoms with van der Waals surface area (Å²) in [5.41, 5.74) is -1.38. The minimum Gasteiger partial charge on any atom is -0.346 e. The summed E-state index contributed by atoms with van der Waals surface area (Å²) in [6, 6.07) is 2.07. The van der Waals surface area contributed by atoms with E-state index in [1.165, 1.54) is 0 Å². The van der Waals surface area contributed by atoms with Crippen LogP contribution in [0.5, 0.6) is 0 Å². The van der Waals surface area contributed by atoms with E-state index in [4.69, 9.17) is 11.6 Å². The van der Waals surface area contributed by atoms with E-state index in [0.29, 0.717) is 0 Å². The van der Waals surface area contributed by atoms with Crippen LogP contribution < -0.4 is 5.32 Å². The van der Waals surface area contributed by atoms with E-state index >= 15 is 0 Å². The second-order valence-electron chi connectivity index (χ2n) is 4.54. The Labute approximate surface area is 118 Å². The van der Waals surface area contributed by atoms with E-state index in [0.717, 1.165) is 12.1 Å². The minimum atomic E-state index is -0.919. The number of alkyl halides is 1. The average molecular weight is 341 g/mol. The number of carbonyl (C=O) groups excluding carboxylic acids is 1. The Bertz CT molecular complexity index is 454. The van der Waals surface area contributed by atoms with Gasteiger partial charge in [-0.1, -0.05) is 15.9 Å². The molecule has 0 saturated heterocycles. The molecule has 2 nitrogen and oxygen atoms in total. The maximum atomic E-state index is 13.6. The predicted octanol–water partition coefficient (Wildman–Crippen LogP) is 3.86. The molecule has 100 valence electrons. The summed E-state index contributed by atoms with van der Waals surface area (Å²) in [4.78, 5) is 11.9. The van der Waals surface area contributed by atoms with Crippen molar-refractivity contribution >= 4 is 33.4 Å². The van der Waals surface area contributed by atoms with Crippen LogP contribution in [0, 0.1) is 11.6 Å². The van der Waals surface area contributed by atoms with Crippen LogP contribution in [0.4, 0.5) is 8.78 Å². The predicted molar refractivity (Wildman–Crippen MR) is 70.9 cm³/mol. The van der Waals surface area contributed by atoms with E-state index in [2.05, 4.69) is 21.2 Å². The standard InChI is InChI=1S/C12H13BrClF2NO/c1-6(14)12(2,3)17-11(18)10-8(15)4-7(13)5-9(10)16/h4-6H,1-3H3,(H,17,18). The lowest BCUT2D eigenvalue weighted by Gasteiger charge is -2.29. The lowest BCUT2D eigenvalue weighted by Crippen LogP contribution is -2.49. The van der Waals surface area contributed by atoms with Crippen molar-refractivity contribution < 1.29 is 13.6 Å². The number of carbonyl (C=O) groups is 1. The highest BCUT2D eigenvalue weighted by Crippen LogP contribution is 2.21. The minimum absolute atomic E-state index is 0.235. The molecule has 1 amide bonds. The Morgan fingerprint density at radius 3 is 2.22 bits per heavy atom. The Hall–Kier alpha value is -0.680. The smallest absolute Gasteiger partial charge is 0.257 e. The highest BCUT2D eigenvalue weighted by Gasteiger charge is 2.29. The Morgan fingerprint density at radius 2 is 1.83 bits per heavy atom. The molecule has 0 aliphatic carbocycles. The van der Waals surface area contributed by atoms with Gasteiger partial charge in [0.15, 0.2) is 0 Å². The fraction of sp³-hybridized carbons (Fsp3) is 0.417. The van der Waals surface area contributed by atoms with Crippen molar-refractivity contribution in [2.45, 2.75) is 31.7 Å². The van der Waals surface area contributed by atoms with Gasteiger partial charge in [-0.25, -0.2) is 8.78 Å². The monoisotopic (exact) mass is 339 g/mol. The molecule has 0 aliphatic rings. The molecule has 1 rings (SSSR count). The zero-order chi connectivity index (χ0) is 14.1. The summed E-state index contributed by atoms with van der Waals surface area (Å²) < 4.78 is 27.4. The quantitative estimate of drug-likeness (QED) is 0.832. The topological polar surface area (TPSA) is 29.1 Å². The molecular formula is C12H13BrClF2NO. The molecule has 1 aromatic carbocycles. The first kappa shape index (κ1) is 15.4. The largest absolute Gasteiger partial charge is 0.346 e. The molecule has 0 saturated carbocycles. The van der Waals surface area contributed by atoms with Crippen LogP contribution in [0.3, 0.4) is 0 Å². The molecule has 6 heteroatoms. The van der Waals surface area contributed by atoms with Crippen molar-refractivity contribution in [3.8, 4) is 0 Å². The molecule has 0 heterocycles. The zero-order valence-electron chi connectivity index (χ0n) is 10.2. The third-order valence-corrected chi connectivity index (χ3v) is 3.67. The number of halogens is 4. The molecule has 0 aromatic heterocycles. The van der Waals surface area contributed by atoms with Gasteiger partial charge in [-0.2, -0.15) is 0 Å². The Kier molecular flexibility index (Phi) is 4.72. The highest BCUT2D eigenvalue weighted by atomic mass is 79.9. The van der Waals surface area contributed by atoms with Gasteiger partial charge in [0, 0.05) is 4.47 Å². The first-order valence-corrected chi connectivity index (χ1v) is 6.49. The summed E-state index contributed by atoms with van der Waals surface area (Å²) in [6.07, 6.45) is 0. The number of nitrogens with one attached hydrogen (secondary N) is 1. The second kappa shape index (κ2) is 5.53. The Balaban J connectivity index is 3.06. The fourth-order valence-electron chi connectivity index (χ4n) is 1.21. The number of rotatable bonds is 3. The van der Waals surface area contributed by atoms with E-state index in [9.17, 15) is 13.6 Å². The first-order valence-electron chi connectivity index (χ1n) is 5.26. The number of amides is 1. The van der Waals surface area contributed by atoms with Crippen molar-refractivity contribution in [2.75, 3.05) is 0 Å². The third-order valence-electron chi connectivity index (χ3n) is 2.66. The van der Waals surface area contributed by atoms with Gasteiger partial charge in [0.2, 0.25) is 0 Å². The van der Waals surface area contributed by atoms with E-state index in [-0.39, 0.29) is 9.85 Å². The molecular weight excluding hydrogens is 327 g/mol. The van der Waals surface area contributed by atoms with Crippen LogP contribution in [-0.2, 0) is 0 Å².